The first kappa shape index (κ1) is 14.9. The Hall–Kier alpha value is -1.35. The molecule has 0 aromatic heterocycles. The van der Waals surface area contributed by atoms with Crippen LogP contribution in [-0.4, -0.2) is 34.9 Å². The molecule has 2 bridgehead atoms. The number of phenols is 1. The monoisotopic (exact) mass is 325 g/mol. The van der Waals surface area contributed by atoms with Gasteiger partial charge in [-0.15, -0.1) is 0 Å². The number of rotatable bonds is 2. The number of hydrogen-bond acceptors (Lipinski definition) is 3. The number of fused-ring (bicyclic) bond motifs is 1. The Bertz CT molecular complexity index is 680. The third kappa shape index (κ3) is 1.97. The quantitative estimate of drug-likeness (QED) is 0.897. The number of likely N-dealkylation sites (tertiary alicyclic amines) is 1. The molecule has 0 spiro atoms. The molecular weight excluding hydrogens is 298 g/mol. The molecule has 1 aromatic rings. The van der Waals surface area contributed by atoms with Crippen LogP contribution in [0.5, 0.6) is 5.75 Å². The topological polar surface area (TPSA) is 40.5 Å². The molecule has 1 heterocycles. The largest absolute Gasteiger partial charge is 0.508 e. The summed E-state index contributed by atoms with van der Waals surface area (Å²) in [5, 5.41) is 10.0. The molecule has 2 unspecified atom stereocenters. The van der Waals surface area contributed by atoms with Crippen LogP contribution in [0.3, 0.4) is 0 Å². The maximum atomic E-state index is 13.4. The van der Waals surface area contributed by atoms with Crippen LogP contribution < -0.4 is 0 Å². The van der Waals surface area contributed by atoms with Crippen molar-refractivity contribution in [3.63, 3.8) is 0 Å². The summed E-state index contributed by atoms with van der Waals surface area (Å²) in [6, 6.07) is 5.59. The number of hydrogen-bond donors (Lipinski definition) is 1. The molecule has 128 valence electrons. The summed E-state index contributed by atoms with van der Waals surface area (Å²) in [5.41, 5.74) is 2.20. The van der Waals surface area contributed by atoms with Gasteiger partial charge in [-0.1, -0.05) is 19.3 Å². The lowest BCUT2D eigenvalue weighted by Crippen LogP contribution is -2.64. The first-order valence-corrected chi connectivity index (χ1v) is 9.81. The van der Waals surface area contributed by atoms with E-state index in [1.165, 1.54) is 44.9 Å². The van der Waals surface area contributed by atoms with Crippen LogP contribution in [0.25, 0.3) is 0 Å². The summed E-state index contributed by atoms with van der Waals surface area (Å²) in [6.07, 6.45) is 10.1. The van der Waals surface area contributed by atoms with Crippen LogP contribution >= 0.6 is 0 Å². The fourth-order valence-corrected chi connectivity index (χ4v) is 6.12. The van der Waals surface area contributed by atoms with E-state index in [0.29, 0.717) is 17.5 Å². The third-order valence-corrected chi connectivity index (χ3v) is 7.51. The van der Waals surface area contributed by atoms with Gasteiger partial charge in [0.1, 0.15) is 5.75 Å². The average molecular weight is 325 g/mol. The second-order valence-corrected chi connectivity index (χ2v) is 8.59. The van der Waals surface area contributed by atoms with E-state index in [1.807, 2.05) is 12.1 Å². The van der Waals surface area contributed by atoms with Gasteiger partial charge < -0.3 is 5.11 Å². The maximum Gasteiger partial charge on any atom is 0.180 e. The van der Waals surface area contributed by atoms with Gasteiger partial charge in [0.25, 0.3) is 0 Å². The zero-order valence-corrected chi connectivity index (χ0v) is 14.3. The number of carbonyl (C=O) groups excluding carboxylic acids is 1. The van der Waals surface area contributed by atoms with Gasteiger partial charge in [0.15, 0.2) is 5.78 Å². The first-order chi connectivity index (χ1) is 11.7. The van der Waals surface area contributed by atoms with Crippen LogP contribution in [-0.2, 0) is 5.41 Å². The maximum absolute atomic E-state index is 13.4. The highest BCUT2D eigenvalue weighted by atomic mass is 16.3. The second kappa shape index (κ2) is 5.32. The third-order valence-electron chi connectivity index (χ3n) is 7.51. The highest BCUT2D eigenvalue weighted by Crippen LogP contribution is 2.56. The SMILES string of the molecule is O=C1c2ccc(O)cc2[C@@]23CCCCC2C1N(CC1CCC1)CC3. The predicted molar refractivity (Wildman–Crippen MR) is 93.4 cm³/mol. The fraction of sp³-hybridized carbons (Fsp3) is 0.667. The van der Waals surface area contributed by atoms with Crippen molar-refractivity contribution >= 4 is 5.78 Å². The lowest BCUT2D eigenvalue weighted by molar-refractivity contribution is -0.0135. The lowest BCUT2D eigenvalue weighted by Gasteiger charge is -2.58. The van der Waals surface area contributed by atoms with Gasteiger partial charge >= 0.3 is 0 Å². The van der Waals surface area contributed by atoms with Crippen molar-refractivity contribution in [1.82, 2.24) is 4.90 Å². The summed E-state index contributed by atoms with van der Waals surface area (Å²) in [6.45, 7) is 2.18. The van der Waals surface area contributed by atoms with E-state index < -0.39 is 0 Å². The van der Waals surface area contributed by atoms with Crippen LogP contribution in [0.1, 0.15) is 67.3 Å². The Morgan fingerprint density at radius 3 is 2.79 bits per heavy atom. The highest BCUT2D eigenvalue weighted by Gasteiger charge is 2.57. The Labute approximate surface area is 144 Å². The van der Waals surface area contributed by atoms with Crippen molar-refractivity contribution in [3.8, 4) is 5.75 Å². The van der Waals surface area contributed by atoms with Crippen molar-refractivity contribution in [2.45, 2.75) is 62.8 Å². The molecule has 3 nitrogen and oxygen atoms in total. The molecule has 3 atom stereocenters. The average Bonchev–Trinajstić information content (AvgIpc) is 2.56. The van der Waals surface area contributed by atoms with E-state index in [-0.39, 0.29) is 11.5 Å². The van der Waals surface area contributed by atoms with E-state index in [1.54, 1.807) is 6.07 Å². The summed E-state index contributed by atoms with van der Waals surface area (Å²) < 4.78 is 0. The van der Waals surface area contributed by atoms with Crippen LogP contribution in [0.15, 0.2) is 18.2 Å². The van der Waals surface area contributed by atoms with Gasteiger partial charge in [0.2, 0.25) is 0 Å². The summed E-state index contributed by atoms with van der Waals surface area (Å²) in [5.74, 6) is 1.92. The molecule has 0 amide bonds. The minimum Gasteiger partial charge on any atom is -0.508 e. The summed E-state index contributed by atoms with van der Waals surface area (Å²) in [4.78, 5) is 15.9. The number of aromatic hydroxyl groups is 1. The van der Waals surface area contributed by atoms with E-state index in [9.17, 15) is 9.90 Å². The van der Waals surface area contributed by atoms with Gasteiger partial charge in [0.05, 0.1) is 6.04 Å². The van der Waals surface area contributed by atoms with Gasteiger partial charge in [-0.25, -0.2) is 0 Å². The molecule has 1 N–H and O–H groups in total. The zero-order valence-electron chi connectivity index (χ0n) is 14.3. The molecule has 3 fully saturated rings. The highest BCUT2D eigenvalue weighted by molar-refractivity contribution is 6.04. The van der Waals surface area contributed by atoms with Gasteiger partial charge in [-0.3, -0.25) is 9.69 Å². The molecule has 4 aliphatic rings. The minimum absolute atomic E-state index is 0.0942. The Morgan fingerprint density at radius 2 is 2.00 bits per heavy atom. The number of piperidine rings is 1. The van der Waals surface area contributed by atoms with Crippen molar-refractivity contribution in [1.29, 1.82) is 0 Å². The van der Waals surface area contributed by atoms with Crippen LogP contribution in [0.2, 0.25) is 0 Å². The molecule has 1 saturated heterocycles. The number of Topliss-reactive ketones (excluding diaryl/α,β-unsaturated/α-hetero) is 1. The Balaban J connectivity index is 1.60. The van der Waals surface area contributed by atoms with E-state index in [4.69, 9.17) is 0 Å². The molecule has 1 aromatic carbocycles. The number of ketones is 1. The van der Waals surface area contributed by atoms with Gasteiger partial charge in [-0.2, -0.15) is 0 Å². The smallest absolute Gasteiger partial charge is 0.180 e. The number of carbonyl (C=O) groups is 1. The van der Waals surface area contributed by atoms with Crippen LogP contribution in [0, 0.1) is 11.8 Å². The van der Waals surface area contributed by atoms with Crippen molar-refractivity contribution in [2.75, 3.05) is 13.1 Å². The molecule has 3 aliphatic carbocycles. The normalized spacial score (nSPS) is 35.9. The lowest BCUT2D eigenvalue weighted by atomic mass is 9.52. The number of nitrogens with zero attached hydrogens (tertiary/aromatic N) is 1. The van der Waals surface area contributed by atoms with Gasteiger partial charge in [-0.05, 0) is 74.2 Å². The number of phenolic OH excluding ortho intramolecular Hbond substituents is 1. The zero-order chi connectivity index (χ0) is 16.3. The van der Waals surface area contributed by atoms with Crippen LogP contribution in [0.4, 0.5) is 0 Å². The molecule has 1 aliphatic heterocycles. The molecule has 2 saturated carbocycles. The second-order valence-electron chi connectivity index (χ2n) is 8.59. The van der Waals surface area contributed by atoms with E-state index >= 15 is 0 Å². The van der Waals surface area contributed by atoms with E-state index in [0.717, 1.165) is 36.6 Å². The molecule has 5 rings (SSSR count). The molecule has 0 radical (unpaired) electrons. The fourth-order valence-electron chi connectivity index (χ4n) is 6.12. The standard InChI is InChI=1S/C21H27NO2/c23-15-7-8-16-18(12-15)21-9-2-1-6-17(21)19(20(16)24)22(11-10-21)13-14-4-3-5-14/h7-8,12,14,17,19,23H,1-6,9-11,13H2/t17?,19?,21-/m1/s1. The van der Waals surface area contributed by atoms with Crippen molar-refractivity contribution in [3.05, 3.63) is 29.3 Å². The molecule has 3 heteroatoms. The number of benzene rings is 1. The van der Waals surface area contributed by atoms with E-state index in [2.05, 4.69) is 4.90 Å². The van der Waals surface area contributed by atoms with Crippen molar-refractivity contribution in [2.24, 2.45) is 11.8 Å². The molecule has 24 heavy (non-hydrogen) atoms. The molecular formula is C21H27NO2. The predicted octanol–water partition coefficient (Wildman–Crippen LogP) is 3.89. The van der Waals surface area contributed by atoms with Crippen molar-refractivity contribution < 1.29 is 9.90 Å². The first-order valence-electron chi connectivity index (χ1n) is 9.81. The Morgan fingerprint density at radius 1 is 1.12 bits per heavy atom. The summed E-state index contributed by atoms with van der Waals surface area (Å²) >= 11 is 0. The van der Waals surface area contributed by atoms with Gasteiger partial charge in [0, 0.05) is 17.5 Å². The summed E-state index contributed by atoms with van der Waals surface area (Å²) in [7, 11) is 0. The Kier molecular flexibility index (Phi) is 3.31. The minimum atomic E-state index is 0.0942.